The molecule has 2 N–H and O–H groups in total. The Bertz CT molecular complexity index is 1400. The normalized spacial score (nSPS) is 16.9. The zero-order chi connectivity index (χ0) is 26.3. The molecule has 1 aliphatic carbocycles. The maximum atomic E-state index is 14.7. The lowest BCUT2D eigenvalue weighted by molar-refractivity contribution is 0.0907. The Labute approximate surface area is 209 Å². The summed E-state index contributed by atoms with van der Waals surface area (Å²) in [5.41, 5.74) is -1.33. The number of nitrogens with zero attached hydrogens (tertiary/aromatic N) is 4. The molecule has 1 aliphatic heterocycles. The minimum absolute atomic E-state index is 0.00607. The van der Waals surface area contributed by atoms with E-state index < -0.39 is 35.1 Å². The number of hydrogen-bond acceptors (Lipinski definition) is 6. The predicted octanol–water partition coefficient (Wildman–Crippen LogP) is 3.45. The number of H-pyrrole nitrogens is 1. The number of carbonyl (C=O) groups is 1. The fourth-order valence-corrected chi connectivity index (χ4v) is 4.72. The highest BCUT2D eigenvalue weighted by Gasteiger charge is 2.26. The molecule has 0 atom stereocenters. The van der Waals surface area contributed by atoms with Gasteiger partial charge in [0.25, 0.3) is 17.9 Å². The zero-order valence-corrected chi connectivity index (χ0v) is 20.2. The summed E-state index contributed by atoms with van der Waals surface area (Å²) in [6, 6.07) is 2.40. The van der Waals surface area contributed by atoms with Crippen molar-refractivity contribution in [3.8, 4) is 0 Å². The number of amides is 1. The van der Waals surface area contributed by atoms with Crippen LogP contribution in [-0.4, -0.2) is 58.0 Å². The second-order valence-corrected chi connectivity index (χ2v) is 9.50. The highest BCUT2D eigenvalue weighted by Crippen LogP contribution is 2.32. The van der Waals surface area contributed by atoms with Gasteiger partial charge in [-0.15, -0.1) is 0 Å². The van der Waals surface area contributed by atoms with Crippen molar-refractivity contribution in [2.45, 2.75) is 45.2 Å². The number of aryl methyl sites for hydroxylation is 1. The Hall–Kier alpha value is -3.54. The fraction of sp³-hybridized carbons (Fsp3) is 0.440. The molecule has 196 valence electrons. The second kappa shape index (κ2) is 10.1. The number of pyridine rings is 1. The van der Waals surface area contributed by atoms with Crippen LogP contribution in [0.5, 0.6) is 0 Å². The third kappa shape index (κ3) is 5.02. The van der Waals surface area contributed by atoms with Crippen molar-refractivity contribution in [3.63, 3.8) is 0 Å². The molecule has 2 fully saturated rings. The summed E-state index contributed by atoms with van der Waals surface area (Å²) < 4.78 is 57.4. The number of fused-ring (bicyclic) bond motifs is 1. The van der Waals surface area contributed by atoms with E-state index in [0.717, 1.165) is 25.3 Å². The molecule has 5 rings (SSSR count). The molecule has 2 aliphatic rings. The number of anilines is 1. The third-order valence-electron chi connectivity index (χ3n) is 7.06. The van der Waals surface area contributed by atoms with E-state index in [4.69, 9.17) is 0 Å². The highest BCUT2D eigenvalue weighted by atomic mass is 19.3. The third-order valence-corrected chi connectivity index (χ3v) is 7.06. The lowest BCUT2D eigenvalue weighted by Crippen LogP contribution is -2.46. The van der Waals surface area contributed by atoms with E-state index in [1.165, 1.54) is 19.2 Å². The molecule has 37 heavy (non-hydrogen) atoms. The van der Waals surface area contributed by atoms with Gasteiger partial charge in [0.2, 0.25) is 0 Å². The van der Waals surface area contributed by atoms with Crippen molar-refractivity contribution < 1.29 is 22.4 Å². The molecule has 12 heteroatoms. The molecule has 3 heterocycles. The number of hydrogen-bond donors (Lipinski definition) is 2. The number of nitrogens with one attached hydrogen (secondary N) is 2. The lowest BCUT2D eigenvalue weighted by atomic mass is 9.93. The first-order valence-corrected chi connectivity index (χ1v) is 12.1. The summed E-state index contributed by atoms with van der Waals surface area (Å²) in [6.45, 7) is 3.21. The topological polar surface area (TPSA) is 94.2 Å². The quantitative estimate of drug-likeness (QED) is 0.486. The van der Waals surface area contributed by atoms with E-state index in [-0.39, 0.29) is 40.6 Å². The minimum Gasteiger partial charge on any atom is -0.368 e. The summed E-state index contributed by atoms with van der Waals surface area (Å²) in [5.74, 6) is -2.01. The number of halogens is 4. The number of aromatic nitrogens is 3. The van der Waals surface area contributed by atoms with Gasteiger partial charge in [-0.1, -0.05) is 0 Å². The average molecular weight is 519 g/mol. The van der Waals surface area contributed by atoms with Gasteiger partial charge in [0.1, 0.15) is 11.2 Å². The number of aromatic amines is 1. The summed E-state index contributed by atoms with van der Waals surface area (Å²) in [6.07, 6.45) is 1.33. The number of piperazine rings is 1. The van der Waals surface area contributed by atoms with Crippen LogP contribution in [0.4, 0.5) is 23.2 Å². The molecule has 0 unspecified atom stereocenters. The van der Waals surface area contributed by atoms with Gasteiger partial charge in [0, 0.05) is 50.4 Å². The van der Waals surface area contributed by atoms with Crippen LogP contribution in [0.2, 0.25) is 0 Å². The van der Waals surface area contributed by atoms with Crippen LogP contribution in [0.25, 0.3) is 11.0 Å². The van der Waals surface area contributed by atoms with E-state index in [0.29, 0.717) is 31.9 Å². The molecule has 3 aromatic rings. The van der Waals surface area contributed by atoms with Crippen LogP contribution in [0, 0.1) is 18.6 Å². The molecule has 2 aromatic heterocycles. The molecular weight excluding hydrogens is 492 g/mol. The van der Waals surface area contributed by atoms with Crippen LogP contribution in [0.15, 0.2) is 23.1 Å². The van der Waals surface area contributed by atoms with E-state index >= 15 is 0 Å². The molecule has 1 saturated heterocycles. The first kappa shape index (κ1) is 25.1. The predicted molar refractivity (Wildman–Crippen MR) is 129 cm³/mol. The number of alkyl halides is 2. The smallest absolute Gasteiger partial charge is 0.273 e. The van der Waals surface area contributed by atoms with Gasteiger partial charge in [-0.25, -0.2) is 27.5 Å². The fourth-order valence-electron chi connectivity index (χ4n) is 4.72. The Morgan fingerprint density at radius 3 is 2.51 bits per heavy atom. The summed E-state index contributed by atoms with van der Waals surface area (Å²) in [7, 11) is 0. The van der Waals surface area contributed by atoms with Gasteiger partial charge in [0.15, 0.2) is 17.3 Å². The second-order valence-electron chi connectivity index (χ2n) is 9.50. The standard InChI is InChI=1S/C25H26F4N6O2/c1-13-24(36)33-22-19(23(28)29)14(9-17(26)20(22)31-13)12-34-5-7-35(8-6-34)16-10-18(27)21(30-11-16)25(37)32-15-3-2-4-15/h9-11,15,23H,2-8,12H2,1H3,(H,32,37)(H,33,36). The minimum atomic E-state index is -2.94. The zero-order valence-electron chi connectivity index (χ0n) is 20.2. The van der Waals surface area contributed by atoms with Crippen molar-refractivity contribution in [1.82, 2.24) is 25.2 Å². The molecule has 0 spiro atoms. The van der Waals surface area contributed by atoms with Crippen LogP contribution in [-0.2, 0) is 6.54 Å². The Balaban J connectivity index is 1.28. The van der Waals surface area contributed by atoms with Crippen molar-refractivity contribution >= 4 is 22.6 Å². The Morgan fingerprint density at radius 1 is 1.16 bits per heavy atom. The number of carbonyl (C=O) groups excluding carboxylic acids is 1. The molecule has 1 saturated carbocycles. The van der Waals surface area contributed by atoms with E-state index in [9.17, 15) is 27.2 Å². The van der Waals surface area contributed by atoms with E-state index in [2.05, 4.69) is 20.3 Å². The molecule has 0 radical (unpaired) electrons. The first-order valence-electron chi connectivity index (χ1n) is 12.1. The summed E-state index contributed by atoms with van der Waals surface area (Å²) >= 11 is 0. The van der Waals surface area contributed by atoms with Gasteiger partial charge in [-0.3, -0.25) is 14.5 Å². The van der Waals surface area contributed by atoms with Crippen molar-refractivity contribution in [2.75, 3.05) is 31.1 Å². The Kier molecular flexibility index (Phi) is 6.84. The summed E-state index contributed by atoms with van der Waals surface area (Å²) in [4.78, 5) is 38.3. The highest BCUT2D eigenvalue weighted by molar-refractivity contribution is 5.93. The van der Waals surface area contributed by atoms with Crippen LogP contribution in [0.1, 0.15) is 53.0 Å². The molecule has 1 aromatic carbocycles. The molecule has 0 bridgehead atoms. The largest absolute Gasteiger partial charge is 0.368 e. The van der Waals surface area contributed by atoms with Crippen LogP contribution >= 0.6 is 0 Å². The molecule has 8 nitrogen and oxygen atoms in total. The van der Waals surface area contributed by atoms with Gasteiger partial charge in [-0.2, -0.15) is 0 Å². The van der Waals surface area contributed by atoms with Gasteiger partial charge >= 0.3 is 0 Å². The summed E-state index contributed by atoms with van der Waals surface area (Å²) in [5, 5.41) is 2.77. The Morgan fingerprint density at radius 2 is 1.89 bits per heavy atom. The number of benzene rings is 1. The maximum absolute atomic E-state index is 14.7. The monoisotopic (exact) mass is 518 g/mol. The number of rotatable bonds is 6. The SMILES string of the molecule is Cc1nc2c(F)cc(CN3CCN(c4cnc(C(=O)NC5CCC5)c(F)c4)CC3)c(C(F)F)c2[nH]c1=O. The maximum Gasteiger partial charge on any atom is 0.273 e. The van der Waals surface area contributed by atoms with Crippen molar-refractivity contribution in [2.24, 2.45) is 0 Å². The van der Waals surface area contributed by atoms with Gasteiger partial charge in [0.05, 0.1) is 17.4 Å². The van der Waals surface area contributed by atoms with Crippen LogP contribution < -0.4 is 15.8 Å². The van der Waals surface area contributed by atoms with Crippen molar-refractivity contribution in [1.29, 1.82) is 0 Å². The molecular formula is C25H26F4N6O2. The van der Waals surface area contributed by atoms with E-state index in [1.54, 1.807) is 0 Å². The van der Waals surface area contributed by atoms with Gasteiger partial charge < -0.3 is 15.2 Å². The molecule has 1 amide bonds. The van der Waals surface area contributed by atoms with Crippen molar-refractivity contribution in [3.05, 3.63) is 62.8 Å². The van der Waals surface area contributed by atoms with Crippen LogP contribution in [0.3, 0.4) is 0 Å². The van der Waals surface area contributed by atoms with Gasteiger partial charge in [-0.05, 0) is 37.8 Å². The first-order chi connectivity index (χ1) is 17.7. The van der Waals surface area contributed by atoms with E-state index in [1.807, 2.05) is 9.80 Å². The average Bonchev–Trinajstić information content (AvgIpc) is 2.83. The lowest BCUT2D eigenvalue weighted by Gasteiger charge is -2.36.